The van der Waals surface area contributed by atoms with Crippen LogP contribution in [-0.4, -0.2) is 16.8 Å². The normalized spacial score (nSPS) is 13.9. The van der Waals surface area contributed by atoms with Crippen LogP contribution in [-0.2, 0) is 6.18 Å². The van der Waals surface area contributed by atoms with E-state index in [4.69, 9.17) is 16.7 Å². The third kappa shape index (κ3) is 3.10. The minimum absolute atomic E-state index is 0.0150. The summed E-state index contributed by atoms with van der Waals surface area (Å²) < 4.78 is 37.4. The summed E-state index contributed by atoms with van der Waals surface area (Å²) in [6, 6.07) is 3.18. The minimum atomic E-state index is -4.55. The van der Waals surface area contributed by atoms with Gasteiger partial charge in [0.2, 0.25) is 0 Å². The van der Waals surface area contributed by atoms with Gasteiger partial charge in [-0.1, -0.05) is 17.7 Å². The molecule has 0 aliphatic heterocycles. The fraction of sp³-hybridized carbons (Fsp3) is 0.400. The van der Waals surface area contributed by atoms with Crippen LogP contribution in [0, 0.1) is 0 Å². The number of rotatable bonds is 3. The van der Waals surface area contributed by atoms with Crippen LogP contribution in [0.25, 0.3) is 0 Å². The molecule has 0 spiro atoms. The predicted molar refractivity (Wildman–Crippen MR) is 53.1 cm³/mol. The lowest BCUT2D eigenvalue weighted by Crippen LogP contribution is -2.08. The average molecular weight is 255 g/mol. The van der Waals surface area contributed by atoms with E-state index in [9.17, 15) is 18.3 Å². The second-order valence-corrected chi connectivity index (χ2v) is 3.67. The molecule has 1 atom stereocenters. The van der Waals surface area contributed by atoms with E-state index in [1.807, 2.05) is 0 Å². The maximum atomic E-state index is 12.5. The minimum Gasteiger partial charge on any atom is -0.396 e. The number of halogens is 4. The molecule has 0 heterocycles. The number of hydrogen-bond donors (Lipinski definition) is 2. The molecule has 0 aliphatic rings. The van der Waals surface area contributed by atoms with Crippen LogP contribution in [0.15, 0.2) is 18.2 Å². The van der Waals surface area contributed by atoms with Crippen molar-refractivity contribution in [1.29, 1.82) is 0 Å². The quantitative estimate of drug-likeness (QED) is 0.871. The molecule has 1 aromatic rings. The van der Waals surface area contributed by atoms with Crippen LogP contribution in [0.5, 0.6) is 0 Å². The van der Waals surface area contributed by atoms with Gasteiger partial charge in [0.05, 0.1) is 16.7 Å². The van der Waals surface area contributed by atoms with E-state index in [1.54, 1.807) is 0 Å². The Bertz CT molecular complexity index is 366. The lowest BCUT2D eigenvalue weighted by Gasteiger charge is -2.14. The van der Waals surface area contributed by atoms with Crippen molar-refractivity contribution in [3.63, 3.8) is 0 Å². The van der Waals surface area contributed by atoms with Gasteiger partial charge in [-0.3, -0.25) is 0 Å². The zero-order chi connectivity index (χ0) is 12.3. The Morgan fingerprint density at radius 2 is 1.94 bits per heavy atom. The molecule has 0 radical (unpaired) electrons. The molecule has 1 aromatic carbocycles. The summed E-state index contributed by atoms with van der Waals surface area (Å²) in [6.45, 7) is -0.300. The molecule has 0 saturated heterocycles. The fourth-order valence-corrected chi connectivity index (χ4v) is 1.48. The van der Waals surface area contributed by atoms with Crippen LogP contribution in [0.4, 0.5) is 13.2 Å². The Labute approximate surface area is 95.3 Å². The molecule has 2 nitrogen and oxygen atoms in total. The Hall–Kier alpha value is -0.780. The highest BCUT2D eigenvalue weighted by Gasteiger charge is 2.33. The summed E-state index contributed by atoms with van der Waals surface area (Å²) in [5.41, 5.74) is -0.894. The molecule has 0 fully saturated rings. The van der Waals surface area contributed by atoms with E-state index in [-0.39, 0.29) is 18.6 Å². The van der Waals surface area contributed by atoms with Crippen molar-refractivity contribution >= 4 is 11.6 Å². The Balaban J connectivity index is 3.07. The maximum absolute atomic E-state index is 12.5. The van der Waals surface area contributed by atoms with Gasteiger partial charge in [-0.2, -0.15) is 13.2 Å². The van der Waals surface area contributed by atoms with Gasteiger partial charge in [-0.05, 0) is 17.7 Å². The largest absolute Gasteiger partial charge is 0.417 e. The number of aliphatic hydroxyl groups excluding tert-OH is 2. The van der Waals surface area contributed by atoms with Gasteiger partial charge in [0.1, 0.15) is 0 Å². The van der Waals surface area contributed by atoms with Gasteiger partial charge in [-0.25, -0.2) is 0 Å². The summed E-state index contributed by atoms with van der Waals surface area (Å²) in [4.78, 5) is 0. The first kappa shape index (κ1) is 13.3. The average Bonchev–Trinajstić information content (AvgIpc) is 2.16. The Morgan fingerprint density at radius 1 is 1.31 bits per heavy atom. The molecule has 16 heavy (non-hydrogen) atoms. The van der Waals surface area contributed by atoms with Crippen molar-refractivity contribution in [2.45, 2.75) is 18.7 Å². The highest BCUT2D eigenvalue weighted by Crippen LogP contribution is 2.36. The van der Waals surface area contributed by atoms with Crippen LogP contribution in [0.3, 0.4) is 0 Å². The lowest BCUT2D eigenvalue weighted by atomic mass is 10.0. The van der Waals surface area contributed by atoms with Gasteiger partial charge < -0.3 is 10.2 Å². The van der Waals surface area contributed by atoms with Crippen LogP contribution >= 0.6 is 11.6 Å². The van der Waals surface area contributed by atoms with Gasteiger partial charge in [-0.15, -0.1) is 0 Å². The predicted octanol–water partition coefficient (Wildman–Crippen LogP) is 2.77. The van der Waals surface area contributed by atoms with E-state index >= 15 is 0 Å². The molecule has 6 heteroatoms. The van der Waals surface area contributed by atoms with E-state index in [0.29, 0.717) is 0 Å². The van der Waals surface area contributed by atoms with Gasteiger partial charge in [0.25, 0.3) is 0 Å². The van der Waals surface area contributed by atoms with Gasteiger partial charge >= 0.3 is 6.18 Å². The van der Waals surface area contributed by atoms with Crippen LogP contribution in [0.1, 0.15) is 23.7 Å². The summed E-state index contributed by atoms with van der Waals surface area (Å²) in [7, 11) is 0. The number of hydrogen-bond acceptors (Lipinski definition) is 2. The van der Waals surface area contributed by atoms with Crippen molar-refractivity contribution in [3.05, 3.63) is 34.3 Å². The van der Waals surface area contributed by atoms with Crippen molar-refractivity contribution in [1.82, 2.24) is 0 Å². The first-order valence-corrected chi connectivity index (χ1v) is 4.89. The third-order valence-electron chi connectivity index (χ3n) is 2.08. The zero-order valence-corrected chi connectivity index (χ0v) is 8.89. The Kier molecular flexibility index (Phi) is 4.18. The van der Waals surface area contributed by atoms with Crippen LogP contribution in [0.2, 0.25) is 5.02 Å². The molecule has 1 rings (SSSR count). The van der Waals surface area contributed by atoms with Crippen molar-refractivity contribution in [2.75, 3.05) is 6.61 Å². The molecule has 1 unspecified atom stereocenters. The third-order valence-corrected chi connectivity index (χ3v) is 2.41. The molecular weight excluding hydrogens is 245 g/mol. The highest BCUT2D eigenvalue weighted by molar-refractivity contribution is 6.31. The van der Waals surface area contributed by atoms with Crippen LogP contribution < -0.4 is 0 Å². The van der Waals surface area contributed by atoms with Crippen molar-refractivity contribution in [3.8, 4) is 0 Å². The van der Waals surface area contributed by atoms with Crippen molar-refractivity contribution < 1.29 is 23.4 Å². The number of aliphatic hydroxyl groups is 2. The van der Waals surface area contributed by atoms with E-state index in [1.165, 1.54) is 6.07 Å². The summed E-state index contributed by atoms with van der Waals surface area (Å²) in [5.74, 6) is 0. The van der Waals surface area contributed by atoms with E-state index < -0.39 is 22.9 Å². The SMILES string of the molecule is OCCC(O)c1ccc(Cl)c(C(F)(F)F)c1. The molecule has 90 valence electrons. The van der Waals surface area contributed by atoms with E-state index in [0.717, 1.165) is 12.1 Å². The molecule has 0 saturated carbocycles. The summed E-state index contributed by atoms with van der Waals surface area (Å²) in [5, 5.41) is 17.6. The Morgan fingerprint density at radius 3 is 2.44 bits per heavy atom. The summed E-state index contributed by atoms with van der Waals surface area (Å²) in [6.07, 6.45) is -5.69. The monoisotopic (exact) mass is 254 g/mol. The van der Waals surface area contributed by atoms with Gasteiger partial charge in [0, 0.05) is 13.0 Å². The maximum Gasteiger partial charge on any atom is 0.417 e. The molecular formula is C10H10ClF3O2. The molecule has 0 bridgehead atoms. The fourth-order valence-electron chi connectivity index (χ4n) is 1.26. The smallest absolute Gasteiger partial charge is 0.396 e. The topological polar surface area (TPSA) is 40.5 Å². The standard InChI is InChI=1S/C10H10ClF3O2/c11-8-2-1-6(9(16)3-4-15)5-7(8)10(12,13)14/h1-2,5,9,15-16H,3-4H2. The first-order valence-electron chi connectivity index (χ1n) is 4.52. The second kappa shape index (κ2) is 5.03. The summed E-state index contributed by atoms with van der Waals surface area (Å²) >= 11 is 5.41. The highest BCUT2D eigenvalue weighted by atomic mass is 35.5. The molecule has 0 aromatic heterocycles. The second-order valence-electron chi connectivity index (χ2n) is 3.27. The number of benzene rings is 1. The van der Waals surface area contributed by atoms with E-state index in [2.05, 4.69) is 0 Å². The molecule has 0 amide bonds. The first-order chi connectivity index (χ1) is 7.36. The van der Waals surface area contributed by atoms with Gasteiger partial charge in [0.15, 0.2) is 0 Å². The zero-order valence-electron chi connectivity index (χ0n) is 8.13. The molecule has 0 aliphatic carbocycles. The van der Waals surface area contributed by atoms with Crippen molar-refractivity contribution in [2.24, 2.45) is 0 Å². The number of alkyl halides is 3. The molecule has 2 N–H and O–H groups in total. The lowest BCUT2D eigenvalue weighted by molar-refractivity contribution is -0.137.